The summed E-state index contributed by atoms with van der Waals surface area (Å²) in [6.45, 7) is 3.91. The summed E-state index contributed by atoms with van der Waals surface area (Å²) in [5.74, 6) is -0.246. The number of aliphatic hydroxyl groups is 1. The molecule has 1 N–H and O–H groups in total. The quantitative estimate of drug-likeness (QED) is 0.801. The monoisotopic (exact) mass is 197 g/mol. The van der Waals surface area contributed by atoms with Crippen molar-refractivity contribution in [1.82, 2.24) is 0 Å². The van der Waals surface area contributed by atoms with E-state index in [1.165, 1.54) is 12.1 Å². The van der Waals surface area contributed by atoms with Crippen LogP contribution in [0.25, 0.3) is 0 Å². The zero-order valence-corrected chi connectivity index (χ0v) is 8.79. The van der Waals surface area contributed by atoms with E-state index in [1.807, 2.05) is 25.8 Å². The minimum atomic E-state index is -0.335. The van der Waals surface area contributed by atoms with Crippen LogP contribution in [-0.2, 0) is 0 Å². The molecule has 0 heterocycles. The van der Waals surface area contributed by atoms with E-state index < -0.39 is 0 Å². The summed E-state index contributed by atoms with van der Waals surface area (Å²) in [6.07, 6.45) is 0. The number of halogens is 1. The summed E-state index contributed by atoms with van der Waals surface area (Å²) >= 11 is 0. The van der Waals surface area contributed by atoms with Gasteiger partial charge in [0.2, 0.25) is 0 Å². The maximum atomic E-state index is 12.7. The van der Waals surface area contributed by atoms with Crippen LogP contribution in [0.1, 0.15) is 13.8 Å². The minimum Gasteiger partial charge on any atom is -0.394 e. The maximum Gasteiger partial charge on any atom is 0.123 e. The molecule has 0 fully saturated rings. The van der Waals surface area contributed by atoms with Crippen molar-refractivity contribution in [2.24, 2.45) is 0 Å². The lowest BCUT2D eigenvalue weighted by Gasteiger charge is -2.35. The predicted molar refractivity (Wildman–Crippen MR) is 56.0 cm³/mol. The van der Waals surface area contributed by atoms with Gasteiger partial charge >= 0.3 is 0 Å². The standard InChI is InChI=1S/C11H16FNO/c1-11(2,8-14)13(3)10-6-4-9(12)5-7-10/h4-7,14H,8H2,1-3H3. The molecule has 0 atom stereocenters. The highest BCUT2D eigenvalue weighted by Crippen LogP contribution is 2.21. The summed E-state index contributed by atoms with van der Waals surface area (Å²) in [6, 6.07) is 6.23. The molecule has 78 valence electrons. The van der Waals surface area contributed by atoms with E-state index in [-0.39, 0.29) is 18.0 Å². The Morgan fingerprint density at radius 2 is 1.79 bits per heavy atom. The van der Waals surface area contributed by atoms with Crippen molar-refractivity contribution in [2.45, 2.75) is 19.4 Å². The highest BCUT2D eigenvalue weighted by atomic mass is 19.1. The zero-order chi connectivity index (χ0) is 10.8. The van der Waals surface area contributed by atoms with Crippen LogP contribution < -0.4 is 4.90 Å². The molecule has 0 amide bonds. The van der Waals surface area contributed by atoms with E-state index in [0.717, 1.165) is 5.69 Å². The van der Waals surface area contributed by atoms with E-state index >= 15 is 0 Å². The van der Waals surface area contributed by atoms with Gasteiger partial charge in [-0.3, -0.25) is 0 Å². The number of benzene rings is 1. The zero-order valence-electron chi connectivity index (χ0n) is 8.79. The third-order valence-electron chi connectivity index (χ3n) is 2.51. The fourth-order valence-electron chi connectivity index (χ4n) is 1.12. The lowest BCUT2D eigenvalue weighted by atomic mass is 10.0. The van der Waals surface area contributed by atoms with Gasteiger partial charge in [0.1, 0.15) is 5.82 Å². The SMILES string of the molecule is CN(c1ccc(F)cc1)C(C)(C)CO. The van der Waals surface area contributed by atoms with Gasteiger partial charge in [0.05, 0.1) is 12.1 Å². The molecule has 2 nitrogen and oxygen atoms in total. The summed E-state index contributed by atoms with van der Waals surface area (Å²) < 4.78 is 12.7. The Labute approximate surface area is 84.0 Å². The smallest absolute Gasteiger partial charge is 0.123 e. The molecule has 1 rings (SSSR count). The predicted octanol–water partition coefficient (Wildman–Crippen LogP) is 2.03. The lowest BCUT2D eigenvalue weighted by molar-refractivity contribution is 0.216. The molecule has 3 heteroatoms. The second-order valence-corrected chi connectivity index (χ2v) is 4.01. The van der Waals surface area contributed by atoms with E-state index in [1.54, 1.807) is 12.1 Å². The van der Waals surface area contributed by atoms with Crippen molar-refractivity contribution in [3.63, 3.8) is 0 Å². The summed E-state index contributed by atoms with van der Waals surface area (Å²) in [5, 5.41) is 9.16. The Morgan fingerprint density at radius 1 is 1.29 bits per heavy atom. The molecular weight excluding hydrogens is 181 g/mol. The molecule has 0 radical (unpaired) electrons. The van der Waals surface area contributed by atoms with E-state index in [0.29, 0.717) is 0 Å². The molecule has 14 heavy (non-hydrogen) atoms. The van der Waals surface area contributed by atoms with Crippen molar-refractivity contribution in [1.29, 1.82) is 0 Å². The summed E-state index contributed by atoms with van der Waals surface area (Å²) in [7, 11) is 1.88. The Kier molecular flexibility index (Phi) is 3.11. The van der Waals surface area contributed by atoms with Crippen LogP contribution in [0, 0.1) is 5.82 Å². The normalized spacial score (nSPS) is 11.5. The molecule has 0 aromatic heterocycles. The summed E-state index contributed by atoms with van der Waals surface area (Å²) in [4.78, 5) is 1.92. The Hall–Kier alpha value is -1.09. The van der Waals surface area contributed by atoms with Gasteiger partial charge in [-0.1, -0.05) is 0 Å². The van der Waals surface area contributed by atoms with Gasteiger partial charge in [-0.05, 0) is 38.1 Å². The first kappa shape index (κ1) is 11.0. The topological polar surface area (TPSA) is 23.5 Å². The highest BCUT2D eigenvalue weighted by Gasteiger charge is 2.22. The molecule has 1 aromatic rings. The Bertz CT molecular complexity index is 295. The van der Waals surface area contributed by atoms with Crippen LogP contribution in [0.5, 0.6) is 0 Å². The Balaban J connectivity index is 2.89. The van der Waals surface area contributed by atoms with E-state index in [4.69, 9.17) is 5.11 Å². The van der Waals surface area contributed by atoms with Gasteiger partial charge in [0.15, 0.2) is 0 Å². The fraction of sp³-hybridized carbons (Fsp3) is 0.455. The second kappa shape index (κ2) is 3.96. The van der Waals surface area contributed by atoms with E-state index in [9.17, 15) is 4.39 Å². The average Bonchev–Trinajstić information content (AvgIpc) is 2.18. The molecule has 0 bridgehead atoms. The largest absolute Gasteiger partial charge is 0.394 e. The molecule has 0 aliphatic rings. The number of hydrogen-bond donors (Lipinski definition) is 1. The molecule has 1 aromatic carbocycles. The number of nitrogens with zero attached hydrogens (tertiary/aromatic N) is 1. The van der Waals surface area contributed by atoms with Gasteiger partial charge in [0, 0.05) is 12.7 Å². The molecule has 0 unspecified atom stereocenters. The first-order chi connectivity index (χ1) is 6.47. The van der Waals surface area contributed by atoms with Crippen LogP contribution in [0.2, 0.25) is 0 Å². The number of anilines is 1. The lowest BCUT2D eigenvalue weighted by Crippen LogP contribution is -2.44. The van der Waals surface area contributed by atoms with Crippen molar-refractivity contribution < 1.29 is 9.50 Å². The molecule has 0 aliphatic heterocycles. The van der Waals surface area contributed by atoms with E-state index in [2.05, 4.69) is 0 Å². The van der Waals surface area contributed by atoms with Gasteiger partial charge in [-0.2, -0.15) is 0 Å². The van der Waals surface area contributed by atoms with Gasteiger partial charge in [0.25, 0.3) is 0 Å². The maximum absolute atomic E-state index is 12.7. The van der Waals surface area contributed by atoms with Crippen LogP contribution in [0.4, 0.5) is 10.1 Å². The molecule has 0 saturated heterocycles. The fourth-order valence-corrected chi connectivity index (χ4v) is 1.12. The highest BCUT2D eigenvalue weighted by molar-refractivity contribution is 5.47. The van der Waals surface area contributed by atoms with Crippen molar-refractivity contribution >= 4 is 5.69 Å². The number of aliphatic hydroxyl groups excluding tert-OH is 1. The van der Waals surface area contributed by atoms with Crippen LogP contribution >= 0.6 is 0 Å². The van der Waals surface area contributed by atoms with Crippen LogP contribution in [0.3, 0.4) is 0 Å². The van der Waals surface area contributed by atoms with Gasteiger partial charge in [-0.25, -0.2) is 4.39 Å². The van der Waals surface area contributed by atoms with Crippen LogP contribution in [0.15, 0.2) is 24.3 Å². The molecular formula is C11H16FNO. The van der Waals surface area contributed by atoms with Gasteiger partial charge < -0.3 is 10.0 Å². The Morgan fingerprint density at radius 3 is 2.21 bits per heavy atom. The minimum absolute atomic E-state index is 0.0564. The van der Waals surface area contributed by atoms with Crippen molar-refractivity contribution in [3.05, 3.63) is 30.1 Å². The second-order valence-electron chi connectivity index (χ2n) is 4.01. The van der Waals surface area contributed by atoms with Gasteiger partial charge in [-0.15, -0.1) is 0 Å². The molecule has 0 aliphatic carbocycles. The number of likely N-dealkylation sites (N-methyl/N-ethyl adjacent to an activating group) is 1. The third-order valence-corrected chi connectivity index (χ3v) is 2.51. The number of rotatable bonds is 3. The van der Waals surface area contributed by atoms with Crippen LogP contribution in [-0.4, -0.2) is 24.3 Å². The molecule has 0 spiro atoms. The van der Waals surface area contributed by atoms with Crippen molar-refractivity contribution in [3.8, 4) is 0 Å². The first-order valence-electron chi connectivity index (χ1n) is 4.57. The van der Waals surface area contributed by atoms with Crippen molar-refractivity contribution in [2.75, 3.05) is 18.6 Å². The third kappa shape index (κ3) is 2.23. The molecule has 0 saturated carbocycles. The first-order valence-corrected chi connectivity index (χ1v) is 4.57. The average molecular weight is 197 g/mol. The number of hydrogen-bond acceptors (Lipinski definition) is 2. The summed E-state index contributed by atoms with van der Waals surface area (Å²) in [5.41, 5.74) is 0.558.